The van der Waals surface area contributed by atoms with Gasteiger partial charge in [-0.3, -0.25) is 4.79 Å². The highest BCUT2D eigenvalue weighted by molar-refractivity contribution is 7.91. The summed E-state index contributed by atoms with van der Waals surface area (Å²) in [5.74, 6) is -0.0302. The minimum atomic E-state index is -3.83. The maximum absolute atomic E-state index is 12.4. The zero-order valence-electron chi connectivity index (χ0n) is 13.2. The maximum Gasteiger partial charge on any atom is 0.313 e. The largest absolute Gasteiger partial charge is 0.424 e. The van der Waals surface area contributed by atoms with Gasteiger partial charge in [-0.25, -0.2) is 8.42 Å². The summed E-state index contributed by atoms with van der Waals surface area (Å²) in [4.78, 5) is 17.0. The Morgan fingerprint density at radius 3 is 2.64 bits per heavy atom. The molecule has 3 rings (SSSR count). The third-order valence-electron chi connectivity index (χ3n) is 3.62. The number of nitrogens with zero attached hydrogens (tertiary/aromatic N) is 4. The van der Waals surface area contributed by atoms with Gasteiger partial charge in [0.15, 0.2) is 21.4 Å². The lowest BCUT2D eigenvalue weighted by Crippen LogP contribution is -2.25. The second kappa shape index (κ2) is 6.12. The average molecular weight is 385 g/mol. The van der Waals surface area contributed by atoms with Gasteiger partial charge in [0.05, 0.1) is 15.6 Å². The van der Waals surface area contributed by atoms with Gasteiger partial charge in [-0.15, -0.1) is 14.9 Å². The van der Waals surface area contributed by atoms with Crippen molar-refractivity contribution in [2.24, 2.45) is 5.16 Å². The molecule has 1 aliphatic rings. The normalized spacial score (nSPS) is 14.3. The van der Waals surface area contributed by atoms with E-state index < -0.39 is 15.4 Å². The number of hydrogen-bond acceptors (Lipinski definition) is 8. The van der Waals surface area contributed by atoms with Gasteiger partial charge in [0.25, 0.3) is 0 Å². The van der Waals surface area contributed by atoms with Crippen molar-refractivity contribution in [1.82, 2.24) is 14.9 Å². The monoisotopic (exact) mass is 384 g/mol. The van der Waals surface area contributed by atoms with Crippen LogP contribution in [0.25, 0.3) is 11.3 Å². The van der Waals surface area contributed by atoms with E-state index in [2.05, 4.69) is 15.4 Å². The molecule has 0 amide bonds. The highest BCUT2D eigenvalue weighted by Crippen LogP contribution is 2.34. The van der Waals surface area contributed by atoms with Gasteiger partial charge in [0.1, 0.15) is 6.61 Å². The van der Waals surface area contributed by atoms with Crippen LogP contribution in [-0.4, -0.2) is 47.1 Å². The van der Waals surface area contributed by atoms with Crippen molar-refractivity contribution in [2.75, 3.05) is 12.9 Å². The van der Waals surface area contributed by atoms with Crippen molar-refractivity contribution in [1.29, 1.82) is 0 Å². The first-order valence-corrected chi connectivity index (χ1v) is 9.36. The van der Waals surface area contributed by atoms with Crippen molar-refractivity contribution >= 4 is 27.1 Å². The molecule has 1 aromatic heterocycles. The van der Waals surface area contributed by atoms with E-state index >= 15 is 0 Å². The van der Waals surface area contributed by atoms with E-state index in [4.69, 9.17) is 16.4 Å². The molecule has 0 fully saturated rings. The molecule has 0 spiro atoms. The molecule has 9 nitrogen and oxygen atoms in total. The Morgan fingerprint density at radius 1 is 1.32 bits per heavy atom. The Labute approximate surface area is 147 Å². The molecule has 0 radical (unpaired) electrons. The molecule has 1 N–H and O–H groups in total. The Kier molecular flexibility index (Phi) is 4.25. The van der Waals surface area contributed by atoms with Crippen LogP contribution in [0.4, 0.5) is 0 Å². The molecule has 0 saturated heterocycles. The van der Waals surface area contributed by atoms with Crippen molar-refractivity contribution in [3.63, 3.8) is 0 Å². The van der Waals surface area contributed by atoms with Crippen LogP contribution in [0.15, 0.2) is 27.0 Å². The first-order chi connectivity index (χ1) is 11.7. The molecule has 1 aliphatic heterocycles. The molecule has 0 aliphatic carbocycles. The van der Waals surface area contributed by atoms with Gasteiger partial charge in [-0.05, 0) is 19.1 Å². The minimum Gasteiger partial charge on any atom is -0.424 e. The summed E-state index contributed by atoms with van der Waals surface area (Å²) in [6.07, 6.45) is 1.36. The van der Waals surface area contributed by atoms with Crippen molar-refractivity contribution in [3.8, 4) is 11.3 Å². The zero-order valence-corrected chi connectivity index (χ0v) is 14.8. The molecular weight excluding hydrogens is 372 g/mol. The van der Waals surface area contributed by atoms with Gasteiger partial charge in [-0.1, -0.05) is 16.8 Å². The average Bonchev–Trinajstić information content (AvgIpc) is 3.06. The summed E-state index contributed by atoms with van der Waals surface area (Å²) in [5, 5.41) is 21.2. The number of benzene rings is 1. The number of aromatic nitrogens is 3. The lowest BCUT2D eigenvalue weighted by molar-refractivity contribution is 0.162. The smallest absolute Gasteiger partial charge is 0.313 e. The Bertz CT molecular complexity index is 1060. The van der Waals surface area contributed by atoms with Crippen LogP contribution >= 0.6 is 11.6 Å². The molecule has 2 heterocycles. The van der Waals surface area contributed by atoms with Crippen LogP contribution in [-0.2, 0) is 14.7 Å². The van der Waals surface area contributed by atoms with Gasteiger partial charge in [0, 0.05) is 23.8 Å². The molecule has 2 aromatic rings. The summed E-state index contributed by atoms with van der Waals surface area (Å²) >= 11 is 6.20. The highest BCUT2D eigenvalue weighted by Gasteiger charge is 2.29. The Morgan fingerprint density at radius 2 is 2.04 bits per heavy atom. The molecule has 11 heteroatoms. The van der Waals surface area contributed by atoms with Crippen LogP contribution < -0.4 is 5.56 Å². The van der Waals surface area contributed by atoms with Crippen LogP contribution in [0.3, 0.4) is 0 Å². The van der Waals surface area contributed by atoms with Crippen LogP contribution in [0.1, 0.15) is 17.8 Å². The number of oxime groups is 1. The Balaban J connectivity index is 2.42. The number of aryl methyl sites for hydroxylation is 1. The van der Waals surface area contributed by atoms with E-state index in [1.54, 1.807) is 0 Å². The van der Waals surface area contributed by atoms with E-state index in [9.17, 15) is 18.4 Å². The fourth-order valence-corrected chi connectivity index (χ4v) is 3.99. The lowest BCUT2D eigenvalue weighted by Gasteiger charge is -2.14. The number of rotatable bonds is 3. The van der Waals surface area contributed by atoms with Crippen LogP contribution in [0, 0.1) is 6.92 Å². The molecule has 0 unspecified atom stereocenters. The van der Waals surface area contributed by atoms with Gasteiger partial charge >= 0.3 is 5.56 Å². The van der Waals surface area contributed by atoms with Gasteiger partial charge in [0.2, 0.25) is 0 Å². The molecule has 25 heavy (non-hydrogen) atoms. The maximum atomic E-state index is 12.4. The van der Waals surface area contributed by atoms with E-state index in [1.165, 1.54) is 19.1 Å². The molecule has 0 bridgehead atoms. The SMILES string of the molecule is Cc1nnc(-c2ccc(Cl)c(C3=NOCC3)c2S(C)(=O)=O)c(=O)n1O. The van der Waals surface area contributed by atoms with Gasteiger partial charge in [-0.2, -0.15) is 0 Å². The van der Waals surface area contributed by atoms with Crippen molar-refractivity contribution < 1.29 is 18.5 Å². The molecule has 1 aromatic carbocycles. The summed E-state index contributed by atoms with van der Waals surface area (Å²) in [5.41, 5.74) is -0.708. The second-order valence-electron chi connectivity index (χ2n) is 5.41. The lowest BCUT2D eigenvalue weighted by atomic mass is 10.0. The van der Waals surface area contributed by atoms with Gasteiger partial charge < -0.3 is 10.0 Å². The fourth-order valence-electron chi connectivity index (χ4n) is 2.51. The summed E-state index contributed by atoms with van der Waals surface area (Å²) in [6, 6.07) is 2.78. The predicted octanol–water partition coefficient (Wildman–Crippen LogP) is 1.03. The number of hydrogen-bond donors (Lipinski definition) is 1. The second-order valence-corrected chi connectivity index (χ2v) is 7.76. The van der Waals surface area contributed by atoms with Crippen LogP contribution in [0.2, 0.25) is 5.02 Å². The van der Waals surface area contributed by atoms with E-state index in [-0.39, 0.29) is 32.6 Å². The third kappa shape index (κ3) is 2.98. The van der Waals surface area contributed by atoms with Crippen LogP contribution in [0.5, 0.6) is 0 Å². The predicted molar refractivity (Wildman–Crippen MR) is 88.9 cm³/mol. The number of sulfone groups is 1. The standard InChI is InChI=1S/C14H13ClN4O5S/c1-7-16-17-12(14(20)19(7)21)8-3-4-9(15)11(10-5-6-24-18-10)13(8)25(2,22)23/h3-4,21H,5-6H2,1-2H3. The van der Waals surface area contributed by atoms with E-state index in [1.807, 2.05) is 0 Å². The highest BCUT2D eigenvalue weighted by atomic mass is 35.5. The summed E-state index contributed by atoms with van der Waals surface area (Å²) in [7, 11) is -3.83. The van der Waals surface area contributed by atoms with E-state index in [0.29, 0.717) is 23.5 Å². The van der Waals surface area contributed by atoms with Crippen molar-refractivity contribution in [3.05, 3.63) is 38.9 Å². The summed E-state index contributed by atoms with van der Waals surface area (Å²) < 4.78 is 25.2. The quantitative estimate of drug-likeness (QED) is 0.783. The summed E-state index contributed by atoms with van der Waals surface area (Å²) in [6.45, 7) is 1.68. The zero-order chi connectivity index (χ0) is 18.4. The molecule has 132 valence electrons. The first-order valence-electron chi connectivity index (χ1n) is 7.09. The molecule has 0 atom stereocenters. The fraction of sp³-hybridized carbons (Fsp3) is 0.286. The van der Waals surface area contributed by atoms with E-state index in [0.717, 1.165) is 6.26 Å². The minimum absolute atomic E-state index is 0.0169. The first kappa shape index (κ1) is 17.4. The molecular formula is C14H13ClN4O5S. The van der Waals surface area contributed by atoms with Crippen molar-refractivity contribution in [2.45, 2.75) is 18.2 Å². The Hall–Kier alpha value is -2.46. The molecule has 0 saturated carbocycles. The topological polar surface area (TPSA) is 124 Å². The third-order valence-corrected chi connectivity index (χ3v) is 5.10. The number of halogens is 1.